The van der Waals surface area contributed by atoms with Crippen LogP contribution in [-0.4, -0.2) is 24.5 Å². The molecule has 0 aliphatic carbocycles. The Morgan fingerprint density at radius 3 is 2.80 bits per heavy atom. The van der Waals surface area contributed by atoms with Gasteiger partial charge in [0.15, 0.2) is 17.5 Å². The topological polar surface area (TPSA) is 84.9 Å². The van der Waals surface area contributed by atoms with Crippen LogP contribution in [0.2, 0.25) is 10.0 Å². The summed E-state index contributed by atoms with van der Waals surface area (Å²) in [6.45, 7) is 0.802. The number of imidazole rings is 1. The Balaban J connectivity index is 1.74. The van der Waals surface area contributed by atoms with E-state index >= 15 is 0 Å². The average molecular weight is 375 g/mol. The van der Waals surface area contributed by atoms with Crippen molar-refractivity contribution in [1.29, 1.82) is 0 Å². The molecule has 7 nitrogen and oxygen atoms in total. The summed E-state index contributed by atoms with van der Waals surface area (Å²) in [6, 6.07) is 5.42. The van der Waals surface area contributed by atoms with Crippen LogP contribution in [0.3, 0.4) is 0 Å². The number of halogens is 2. The van der Waals surface area contributed by atoms with Gasteiger partial charge in [-0.05, 0) is 12.1 Å². The van der Waals surface area contributed by atoms with Crippen LogP contribution < -0.4 is 5.49 Å². The van der Waals surface area contributed by atoms with E-state index in [0.29, 0.717) is 40.0 Å². The SMILES string of the molecule is Clc1cccc(Cl)c1Cn1cnc(=NCc2cnco2)c2[nH]cnc21. The maximum Gasteiger partial charge on any atom is 0.180 e. The number of fused-ring (bicyclic) bond motifs is 1. The minimum absolute atomic E-state index is 0.349. The van der Waals surface area contributed by atoms with Crippen molar-refractivity contribution >= 4 is 34.4 Å². The lowest BCUT2D eigenvalue weighted by atomic mass is 10.2. The smallest absolute Gasteiger partial charge is 0.180 e. The number of benzene rings is 1. The molecule has 0 amide bonds. The van der Waals surface area contributed by atoms with Crippen molar-refractivity contribution in [2.24, 2.45) is 4.99 Å². The van der Waals surface area contributed by atoms with E-state index in [1.165, 1.54) is 6.39 Å². The fourth-order valence-electron chi connectivity index (χ4n) is 2.48. The molecule has 0 saturated carbocycles. The molecule has 0 aliphatic heterocycles. The Morgan fingerprint density at radius 2 is 2.04 bits per heavy atom. The zero-order valence-electron chi connectivity index (χ0n) is 12.9. The van der Waals surface area contributed by atoms with Gasteiger partial charge in [-0.3, -0.25) is 4.99 Å². The molecule has 126 valence electrons. The first kappa shape index (κ1) is 15.9. The van der Waals surface area contributed by atoms with Gasteiger partial charge in [0.05, 0.1) is 25.4 Å². The summed E-state index contributed by atoms with van der Waals surface area (Å²) >= 11 is 12.5. The Kier molecular flexibility index (Phi) is 4.25. The second-order valence-electron chi connectivity index (χ2n) is 5.28. The van der Waals surface area contributed by atoms with E-state index in [1.54, 1.807) is 31.0 Å². The number of H-pyrrole nitrogens is 1. The van der Waals surface area contributed by atoms with Gasteiger partial charge >= 0.3 is 0 Å². The van der Waals surface area contributed by atoms with Crippen molar-refractivity contribution in [2.45, 2.75) is 13.1 Å². The summed E-state index contributed by atoms with van der Waals surface area (Å²) in [7, 11) is 0. The first-order chi connectivity index (χ1) is 12.2. The third-order valence-corrected chi connectivity index (χ3v) is 4.40. The first-order valence-corrected chi connectivity index (χ1v) is 8.17. The normalized spacial score (nSPS) is 12.2. The van der Waals surface area contributed by atoms with Gasteiger partial charge in [-0.2, -0.15) is 0 Å². The molecule has 4 rings (SSSR count). The van der Waals surface area contributed by atoms with E-state index in [1.807, 2.05) is 10.6 Å². The molecule has 4 aromatic rings. The van der Waals surface area contributed by atoms with Crippen LogP contribution in [0.5, 0.6) is 0 Å². The highest BCUT2D eigenvalue weighted by Crippen LogP contribution is 2.25. The lowest BCUT2D eigenvalue weighted by molar-refractivity contribution is 0.504. The summed E-state index contributed by atoms with van der Waals surface area (Å²) in [4.78, 5) is 20.2. The molecule has 25 heavy (non-hydrogen) atoms. The summed E-state index contributed by atoms with van der Waals surface area (Å²) in [5, 5.41) is 1.20. The highest BCUT2D eigenvalue weighted by atomic mass is 35.5. The quantitative estimate of drug-likeness (QED) is 0.594. The van der Waals surface area contributed by atoms with E-state index in [2.05, 4.69) is 24.9 Å². The standard InChI is InChI=1S/C16H12Cl2N6O/c17-12-2-1-3-13(18)11(12)6-24-8-23-15(14-16(24)22-7-21-14)20-5-10-4-19-9-25-10/h1-4,7-9H,5-6H2,(H,21,22). The molecule has 0 aliphatic rings. The van der Waals surface area contributed by atoms with Crippen LogP contribution >= 0.6 is 23.2 Å². The van der Waals surface area contributed by atoms with E-state index in [4.69, 9.17) is 27.6 Å². The third-order valence-electron chi connectivity index (χ3n) is 3.69. The summed E-state index contributed by atoms with van der Waals surface area (Å²) < 4.78 is 7.05. The number of aromatic amines is 1. The van der Waals surface area contributed by atoms with Gasteiger partial charge in [-0.25, -0.2) is 15.0 Å². The molecule has 1 aromatic carbocycles. The zero-order chi connectivity index (χ0) is 17.2. The van der Waals surface area contributed by atoms with Gasteiger partial charge < -0.3 is 14.0 Å². The molecule has 0 fully saturated rings. The van der Waals surface area contributed by atoms with Crippen molar-refractivity contribution in [1.82, 2.24) is 24.5 Å². The van der Waals surface area contributed by atoms with Crippen LogP contribution in [0.1, 0.15) is 11.3 Å². The van der Waals surface area contributed by atoms with Crippen LogP contribution in [-0.2, 0) is 13.1 Å². The summed E-state index contributed by atoms with van der Waals surface area (Å²) in [6.07, 6.45) is 6.26. The monoisotopic (exact) mass is 374 g/mol. The third kappa shape index (κ3) is 3.16. The fourth-order valence-corrected chi connectivity index (χ4v) is 2.99. The Labute approximate surface area is 152 Å². The number of nitrogens with zero attached hydrogens (tertiary/aromatic N) is 5. The molecule has 0 unspecified atom stereocenters. The average Bonchev–Trinajstić information content (AvgIpc) is 3.28. The molecule has 0 saturated heterocycles. The molecule has 3 aromatic heterocycles. The number of oxazole rings is 1. The summed E-state index contributed by atoms with van der Waals surface area (Å²) in [5.41, 5.74) is 2.80. The first-order valence-electron chi connectivity index (χ1n) is 7.41. The predicted octanol–water partition coefficient (Wildman–Crippen LogP) is 3.20. The van der Waals surface area contributed by atoms with Gasteiger partial charge in [-0.1, -0.05) is 29.3 Å². The minimum atomic E-state index is 0.349. The maximum absolute atomic E-state index is 6.26. The van der Waals surface area contributed by atoms with E-state index < -0.39 is 0 Å². The Bertz CT molecular complexity index is 1060. The highest BCUT2D eigenvalue weighted by molar-refractivity contribution is 6.35. The molecule has 3 heterocycles. The summed E-state index contributed by atoms with van der Waals surface area (Å²) in [5.74, 6) is 0.661. The van der Waals surface area contributed by atoms with E-state index in [0.717, 1.165) is 11.1 Å². The van der Waals surface area contributed by atoms with Crippen molar-refractivity contribution in [2.75, 3.05) is 0 Å². The van der Waals surface area contributed by atoms with Crippen molar-refractivity contribution in [3.05, 3.63) is 70.3 Å². The Hall–Kier alpha value is -2.64. The maximum atomic E-state index is 6.26. The van der Waals surface area contributed by atoms with Crippen molar-refractivity contribution in [3.63, 3.8) is 0 Å². The van der Waals surface area contributed by atoms with Gasteiger partial charge in [0.25, 0.3) is 0 Å². The van der Waals surface area contributed by atoms with Gasteiger partial charge in [0, 0.05) is 15.6 Å². The minimum Gasteiger partial charge on any atom is -0.447 e. The second kappa shape index (κ2) is 6.70. The molecule has 0 atom stereocenters. The van der Waals surface area contributed by atoms with Crippen molar-refractivity contribution in [3.8, 4) is 0 Å². The molecule has 1 N–H and O–H groups in total. The molecular weight excluding hydrogens is 363 g/mol. The van der Waals surface area contributed by atoms with Crippen LogP contribution in [0.4, 0.5) is 0 Å². The molecular formula is C16H12Cl2N6O. The largest absolute Gasteiger partial charge is 0.447 e. The zero-order valence-corrected chi connectivity index (χ0v) is 14.4. The number of aromatic nitrogens is 5. The number of hydrogen-bond donors (Lipinski definition) is 1. The van der Waals surface area contributed by atoms with Crippen LogP contribution in [0.15, 0.2) is 52.9 Å². The number of hydrogen-bond acceptors (Lipinski definition) is 5. The molecule has 9 heteroatoms. The van der Waals surface area contributed by atoms with Gasteiger partial charge in [0.1, 0.15) is 17.8 Å². The molecule has 0 radical (unpaired) electrons. The lowest BCUT2D eigenvalue weighted by Gasteiger charge is -2.10. The van der Waals surface area contributed by atoms with E-state index in [-0.39, 0.29) is 0 Å². The fraction of sp³-hybridized carbons (Fsp3) is 0.125. The predicted molar refractivity (Wildman–Crippen MR) is 93.2 cm³/mol. The van der Waals surface area contributed by atoms with Gasteiger partial charge in [-0.15, -0.1) is 0 Å². The van der Waals surface area contributed by atoms with Crippen LogP contribution in [0, 0.1) is 0 Å². The molecule has 0 spiro atoms. The second-order valence-corrected chi connectivity index (χ2v) is 6.10. The van der Waals surface area contributed by atoms with Crippen LogP contribution in [0.25, 0.3) is 11.2 Å². The highest BCUT2D eigenvalue weighted by Gasteiger charge is 2.10. The Morgan fingerprint density at radius 1 is 1.20 bits per heavy atom. The number of nitrogens with one attached hydrogen (secondary N) is 1. The lowest BCUT2D eigenvalue weighted by Crippen LogP contribution is -2.15. The number of rotatable bonds is 4. The van der Waals surface area contributed by atoms with Gasteiger partial charge in [0.2, 0.25) is 0 Å². The molecule has 0 bridgehead atoms. The van der Waals surface area contributed by atoms with Crippen molar-refractivity contribution < 1.29 is 4.42 Å². The van der Waals surface area contributed by atoms with E-state index in [9.17, 15) is 0 Å².